The molecule has 1 aliphatic heterocycles. The Morgan fingerprint density at radius 3 is 2.50 bits per heavy atom. The number of imide groups is 1. The molecule has 0 N–H and O–H groups in total. The molecule has 2 aromatic carbocycles. The highest BCUT2D eigenvalue weighted by Crippen LogP contribution is 2.32. The third-order valence-electron chi connectivity index (χ3n) is 5.92. The Bertz CT molecular complexity index is 1390. The zero-order valence-corrected chi connectivity index (χ0v) is 20.7. The van der Waals surface area contributed by atoms with E-state index >= 15 is 0 Å². The van der Waals surface area contributed by atoms with Crippen molar-refractivity contribution < 1.29 is 14.3 Å². The van der Waals surface area contributed by atoms with Crippen LogP contribution in [0.4, 0.5) is 0 Å². The number of ether oxygens (including phenoxy) is 1. The maximum absolute atomic E-state index is 13.3. The molecule has 0 atom stereocenters. The van der Waals surface area contributed by atoms with E-state index in [0.717, 1.165) is 28.3 Å². The summed E-state index contributed by atoms with van der Waals surface area (Å²) in [5.74, 6) is -0.213. The van der Waals surface area contributed by atoms with Crippen LogP contribution in [-0.2, 0) is 9.59 Å². The van der Waals surface area contributed by atoms with E-state index in [2.05, 4.69) is 6.92 Å². The van der Waals surface area contributed by atoms with Crippen LogP contribution in [0.3, 0.4) is 0 Å². The van der Waals surface area contributed by atoms with Gasteiger partial charge >= 0.3 is 0 Å². The van der Waals surface area contributed by atoms with Gasteiger partial charge in [-0.25, -0.2) is 4.68 Å². The van der Waals surface area contributed by atoms with E-state index in [0.29, 0.717) is 35.4 Å². The summed E-state index contributed by atoms with van der Waals surface area (Å²) in [5.41, 5.74) is 3.72. The van der Waals surface area contributed by atoms with Crippen molar-refractivity contribution in [2.45, 2.75) is 33.6 Å². The molecule has 1 aliphatic rings. The van der Waals surface area contributed by atoms with Crippen LogP contribution >= 0.6 is 0 Å². The zero-order chi connectivity index (χ0) is 25.7. The van der Waals surface area contributed by atoms with Crippen molar-refractivity contribution in [3.63, 3.8) is 0 Å². The molecule has 0 bridgehead atoms. The molecular formula is C29H28N4O3. The third kappa shape index (κ3) is 4.84. The highest BCUT2D eigenvalue weighted by atomic mass is 16.5. The number of carbonyl (C=O) groups excluding carboxylic acids is 2. The standard InChI is InChI=1S/C29H28N4O3/c1-4-14-32-28(34)25(20(3)26(18-30)29(32)35)17-22-19-33(23-11-7-6-8-12-23)31-27(22)21-10-9-13-24(16-21)36-15-5-2/h6-13,16-17,19H,4-5,14-15H2,1-3H3/b25-17+. The molecule has 0 spiro atoms. The second-order valence-electron chi connectivity index (χ2n) is 8.52. The van der Waals surface area contributed by atoms with Crippen LogP contribution in [0.5, 0.6) is 5.75 Å². The third-order valence-corrected chi connectivity index (χ3v) is 5.92. The summed E-state index contributed by atoms with van der Waals surface area (Å²) in [6, 6.07) is 19.3. The lowest BCUT2D eigenvalue weighted by atomic mass is 9.93. The van der Waals surface area contributed by atoms with Crippen LogP contribution in [0.25, 0.3) is 23.0 Å². The predicted octanol–water partition coefficient (Wildman–Crippen LogP) is 5.33. The Balaban J connectivity index is 1.89. The van der Waals surface area contributed by atoms with Gasteiger partial charge in [-0.2, -0.15) is 10.4 Å². The second-order valence-corrected chi connectivity index (χ2v) is 8.52. The van der Waals surface area contributed by atoms with Crippen LogP contribution in [0, 0.1) is 11.3 Å². The fraction of sp³-hybridized carbons (Fsp3) is 0.241. The van der Waals surface area contributed by atoms with Gasteiger partial charge in [0, 0.05) is 29.4 Å². The monoisotopic (exact) mass is 480 g/mol. The topological polar surface area (TPSA) is 88.2 Å². The fourth-order valence-corrected chi connectivity index (χ4v) is 4.10. The molecule has 0 unspecified atom stereocenters. The normalized spacial score (nSPS) is 14.9. The lowest BCUT2D eigenvalue weighted by Crippen LogP contribution is -2.43. The Morgan fingerprint density at radius 1 is 1.03 bits per heavy atom. The van der Waals surface area contributed by atoms with Gasteiger partial charge in [0.2, 0.25) is 0 Å². The van der Waals surface area contributed by atoms with E-state index in [1.54, 1.807) is 17.7 Å². The van der Waals surface area contributed by atoms with Crippen molar-refractivity contribution in [2.75, 3.05) is 13.2 Å². The van der Waals surface area contributed by atoms with Gasteiger partial charge in [0.15, 0.2) is 0 Å². The van der Waals surface area contributed by atoms with E-state index in [1.165, 1.54) is 0 Å². The highest BCUT2D eigenvalue weighted by Gasteiger charge is 2.35. The van der Waals surface area contributed by atoms with Crippen molar-refractivity contribution in [3.8, 4) is 28.8 Å². The lowest BCUT2D eigenvalue weighted by molar-refractivity contribution is -0.140. The van der Waals surface area contributed by atoms with Crippen LogP contribution in [0.2, 0.25) is 0 Å². The molecule has 3 aromatic rings. The van der Waals surface area contributed by atoms with Crippen molar-refractivity contribution >= 4 is 17.9 Å². The number of carbonyl (C=O) groups is 2. The van der Waals surface area contributed by atoms with Crippen molar-refractivity contribution in [1.82, 2.24) is 14.7 Å². The number of amides is 2. The highest BCUT2D eigenvalue weighted by molar-refractivity contribution is 6.19. The van der Waals surface area contributed by atoms with Crippen molar-refractivity contribution in [1.29, 1.82) is 5.26 Å². The molecule has 0 saturated heterocycles. The van der Waals surface area contributed by atoms with Gasteiger partial charge in [-0.05, 0) is 55.7 Å². The summed E-state index contributed by atoms with van der Waals surface area (Å²) >= 11 is 0. The molecule has 0 fully saturated rings. The number of para-hydroxylation sites is 1. The lowest BCUT2D eigenvalue weighted by Gasteiger charge is -2.27. The smallest absolute Gasteiger partial charge is 0.271 e. The van der Waals surface area contributed by atoms with E-state index in [-0.39, 0.29) is 12.1 Å². The number of nitrogens with zero attached hydrogens (tertiary/aromatic N) is 4. The Kier molecular flexibility index (Phi) is 7.45. The maximum Gasteiger partial charge on any atom is 0.271 e. The van der Waals surface area contributed by atoms with Gasteiger partial charge in [0.05, 0.1) is 12.3 Å². The average Bonchev–Trinajstić information content (AvgIpc) is 3.33. The maximum atomic E-state index is 13.3. The molecule has 4 rings (SSSR count). The SMILES string of the molecule is CCCOc1cccc(-c2nn(-c3ccccc3)cc2/C=C2/C(=O)N(CCC)C(=O)C(C#N)=C2C)c1. The molecular weight excluding hydrogens is 452 g/mol. The Labute approximate surface area is 210 Å². The Hall–Kier alpha value is -4.44. The first kappa shape index (κ1) is 24.7. The summed E-state index contributed by atoms with van der Waals surface area (Å²) in [6.45, 7) is 6.44. The number of rotatable bonds is 8. The van der Waals surface area contributed by atoms with Gasteiger partial charge in [0.1, 0.15) is 23.1 Å². The molecule has 182 valence electrons. The molecule has 7 heteroatoms. The molecule has 36 heavy (non-hydrogen) atoms. The fourth-order valence-electron chi connectivity index (χ4n) is 4.10. The molecule has 2 amide bonds. The minimum atomic E-state index is -0.542. The predicted molar refractivity (Wildman–Crippen MR) is 138 cm³/mol. The molecule has 2 heterocycles. The number of benzene rings is 2. The molecule has 0 radical (unpaired) electrons. The molecule has 0 aliphatic carbocycles. The van der Waals surface area contributed by atoms with Crippen LogP contribution < -0.4 is 4.74 Å². The van der Waals surface area contributed by atoms with Gasteiger partial charge in [-0.1, -0.05) is 44.2 Å². The van der Waals surface area contributed by atoms with Gasteiger partial charge in [0.25, 0.3) is 11.8 Å². The van der Waals surface area contributed by atoms with Gasteiger partial charge in [-0.15, -0.1) is 0 Å². The summed E-state index contributed by atoms with van der Waals surface area (Å²) < 4.78 is 7.58. The number of hydrogen-bond acceptors (Lipinski definition) is 5. The van der Waals surface area contributed by atoms with E-state index < -0.39 is 11.8 Å². The van der Waals surface area contributed by atoms with Crippen molar-refractivity contribution in [2.24, 2.45) is 0 Å². The van der Waals surface area contributed by atoms with Crippen molar-refractivity contribution in [3.05, 3.63) is 83.1 Å². The summed E-state index contributed by atoms with van der Waals surface area (Å²) in [6.07, 6.45) is 5.08. The van der Waals surface area contributed by atoms with Crippen LogP contribution in [-0.4, -0.2) is 39.6 Å². The minimum Gasteiger partial charge on any atom is -0.494 e. The van der Waals surface area contributed by atoms with Gasteiger partial charge in [-0.3, -0.25) is 14.5 Å². The first-order valence-corrected chi connectivity index (χ1v) is 12.1. The van der Waals surface area contributed by atoms with Crippen LogP contribution in [0.1, 0.15) is 39.2 Å². The Morgan fingerprint density at radius 2 is 1.81 bits per heavy atom. The van der Waals surface area contributed by atoms with Crippen LogP contribution in [0.15, 0.2) is 77.5 Å². The van der Waals surface area contributed by atoms with E-state index in [4.69, 9.17) is 9.84 Å². The first-order chi connectivity index (χ1) is 17.5. The quantitative estimate of drug-likeness (QED) is 0.321. The minimum absolute atomic E-state index is 0.0127. The summed E-state index contributed by atoms with van der Waals surface area (Å²) in [4.78, 5) is 27.2. The summed E-state index contributed by atoms with van der Waals surface area (Å²) in [5, 5.41) is 14.5. The van der Waals surface area contributed by atoms with E-state index in [1.807, 2.05) is 73.8 Å². The molecule has 0 saturated carbocycles. The molecule has 7 nitrogen and oxygen atoms in total. The number of nitriles is 1. The second kappa shape index (κ2) is 10.9. The average molecular weight is 481 g/mol. The molecule has 1 aromatic heterocycles. The first-order valence-electron chi connectivity index (χ1n) is 12.1. The zero-order valence-electron chi connectivity index (χ0n) is 20.7. The largest absolute Gasteiger partial charge is 0.494 e. The number of aromatic nitrogens is 2. The van der Waals surface area contributed by atoms with Gasteiger partial charge < -0.3 is 4.74 Å². The van der Waals surface area contributed by atoms with E-state index in [9.17, 15) is 14.9 Å². The number of hydrogen-bond donors (Lipinski definition) is 0. The summed E-state index contributed by atoms with van der Waals surface area (Å²) in [7, 11) is 0.